The van der Waals surface area contributed by atoms with Gasteiger partial charge in [0.2, 0.25) is 0 Å². The minimum Gasteiger partial charge on any atom is -0.309 e. The molecule has 1 atom stereocenters. The maximum atomic E-state index is 5.54. The molecule has 0 saturated heterocycles. The summed E-state index contributed by atoms with van der Waals surface area (Å²) in [5.41, 5.74) is 12.6. The van der Waals surface area contributed by atoms with E-state index in [1.165, 1.54) is 75.0 Å². The van der Waals surface area contributed by atoms with Gasteiger partial charge in [0.1, 0.15) is 5.84 Å². The fourth-order valence-electron chi connectivity index (χ4n) is 9.61. The van der Waals surface area contributed by atoms with Gasteiger partial charge in [-0.05, 0) is 102 Å². The van der Waals surface area contributed by atoms with Crippen molar-refractivity contribution in [1.82, 2.24) is 9.13 Å². The van der Waals surface area contributed by atoms with Gasteiger partial charge in [0, 0.05) is 53.0 Å². The number of para-hydroxylation sites is 2. The topological polar surface area (TPSA) is 34.6 Å². The molecule has 64 heavy (non-hydrogen) atoms. The van der Waals surface area contributed by atoms with E-state index in [1.807, 2.05) is 11.3 Å². The van der Waals surface area contributed by atoms with E-state index in [2.05, 4.69) is 235 Å². The van der Waals surface area contributed by atoms with Crippen molar-refractivity contribution >= 4 is 86.8 Å². The molecule has 0 aliphatic rings. The monoisotopic (exact) mass is 838 g/mol. The highest BCUT2D eigenvalue weighted by molar-refractivity contribution is 7.25. The first-order chi connectivity index (χ1) is 31.6. The number of thiophene rings is 1. The van der Waals surface area contributed by atoms with E-state index in [4.69, 9.17) is 9.98 Å². The minimum absolute atomic E-state index is 0.200. The van der Waals surface area contributed by atoms with E-state index in [1.54, 1.807) is 0 Å². The van der Waals surface area contributed by atoms with Crippen molar-refractivity contribution < 1.29 is 0 Å². The van der Waals surface area contributed by atoms with Crippen molar-refractivity contribution in [1.29, 1.82) is 0 Å². The Kier molecular flexibility index (Phi) is 9.17. The van der Waals surface area contributed by atoms with Crippen molar-refractivity contribution in [3.05, 3.63) is 223 Å². The standard InChI is InChI=1S/C59H42N4S/c1-38(42-20-15-21-46(34-42)63-54-26-13-10-23-48(54)52-36-44(30-33-56(52)63)41-18-7-4-8-19-41)60-59(45-28-31-50-49-24-11-14-27-57(49)64-58(50)37-45)61-39(2)62-53-25-12-9-22-47(53)51-35-43(29-32-55(51)62)40-16-5-3-6-17-40/h3-38H,1-2H3/t38-/m1/s1. The van der Waals surface area contributed by atoms with Crippen LogP contribution in [0.4, 0.5) is 0 Å². The molecule has 3 heterocycles. The molecule has 0 aliphatic carbocycles. The molecule has 0 spiro atoms. The fraction of sp³-hybridized carbons (Fsp3) is 0.0508. The van der Waals surface area contributed by atoms with E-state index < -0.39 is 0 Å². The van der Waals surface area contributed by atoms with Crippen LogP contribution < -0.4 is 0 Å². The van der Waals surface area contributed by atoms with Gasteiger partial charge in [0.15, 0.2) is 5.84 Å². The summed E-state index contributed by atoms with van der Waals surface area (Å²) >= 11 is 1.82. The van der Waals surface area contributed by atoms with Crippen LogP contribution in [-0.4, -0.2) is 20.8 Å². The van der Waals surface area contributed by atoms with Crippen LogP contribution in [0.1, 0.15) is 31.0 Å². The second-order valence-corrected chi connectivity index (χ2v) is 17.7. The summed E-state index contributed by atoms with van der Waals surface area (Å²) in [6.45, 7) is 4.30. The maximum Gasteiger partial charge on any atom is 0.157 e. The quantitative estimate of drug-likeness (QED) is 0.118. The summed E-state index contributed by atoms with van der Waals surface area (Å²) in [6.07, 6.45) is 0. The van der Waals surface area contributed by atoms with Gasteiger partial charge in [0.25, 0.3) is 0 Å². The lowest BCUT2D eigenvalue weighted by Crippen LogP contribution is -2.12. The van der Waals surface area contributed by atoms with Crippen LogP contribution in [-0.2, 0) is 0 Å². The Morgan fingerprint density at radius 2 is 1.00 bits per heavy atom. The van der Waals surface area contributed by atoms with Crippen LogP contribution in [0.2, 0.25) is 0 Å². The Labute approximate surface area is 375 Å². The summed E-state index contributed by atoms with van der Waals surface area (Å²) < 4.78 is 7.19. The molecule has 0 saturated carbocycles. The van der Waals surface area contributed by atoms with Crippen LogP contribution >= 0.6 is 11.3 Å². The molecule has 0 amide bonds. The van der Waals surface area contributed by atoms with Crippen molar-refractivity contribution in [3.63, 3.8) is 0 Å². The molecular weight excluding hydrogens is 797 g/mol. The number of nitrogens with zero attached hydrogens (tertiary/aromatic N) is 4. The highest BCUT2D eigenvalue weighted by atomic mass is 32.1. The molecule has 12 rings (SSSR count). The molecule has 3 aromatic heterocycles. The average molecular weight is 839 g/mol. The number of hydrogen-bond acceptors (Lipinski definition) is 2. The highest BCUT2D eigenvalue weighted by Crippen LogP contribution is 2.38. The van der Waals surface area contributed by atoms with Gasteiger partial charge in [0.05, 0.1) is 28.1 Å². The SMILES string of the molecule is CC(=NC(=N[C@H](C)c1cccc(-n2c3ccccc3c3cc(-c4ccccc4)ccc32)c1)c1ccc2c(c1)sc1ccccc12)n1c2ccccc2c2cc(-c3ccccc3)ccc21. The summed E-state index contributed by atoms with van der Waals surface area (Å²) in [5, 5.41) is 7.39. The Balaban J connectivity index is 0.998. The Hall–Kier alpha value is -7.86. The third-order valence-electron chi connectivity index (χ3n) is 12.7. The second kappa shape index (κ2) is 15.5. The van der Waals surface area contributed by atoms with Crippen LogP contribution in [0.25, 0.3) is 91.7 Å². The first-order valence-corrected chi connectivity index (χ1v) is 22.7. The van der Waals surface area contributed by atoms with Gasteiger partial charge in [-0.25, -0.2) is 4.99 Å². The lowest BCUT2D eigenvalue weighted by atomic mass is 10.0. The molecule has 4 nitrogen and oxygen atoms in total. The largest absolute Gasteiger partial charge is 0.309 e. The zero-order valence-corrected chi connectivity index (χ0v) is 36.3. The van der Waals surface area contributed by atoms with E-state index >= 15 is 0 Å². The zero-order chi connectivity index (χ0) is 42.7. The number of hydrogen-bond donors (Lipinski definition) is 0. The molecule has 0 unspecified atom stereocenters. The van der Waals surface area contributed by atoms with E-state index in [-0.39, 0.29) is 6.04 Å². The Morgan fingerprint density at radius 3 is 1.73 bits per heavy atom. The molecule has 12 aromatic rings. The normalized spacial score (nSPS) is 13.0. The first-order valence-electron chi connectivity index (χ1n) is 21.9. The van der Waals surface area contributed by atoms with Gasteiger partial charge in [-0.2, -0.15) is 0 Å². The molecule has 0 aliphatic heterocycles. The van der Waals surface area contributed by atoms with Gasteiger partial charge in [-0.3, -0.25) is 9.56 Å². The second-order valence-electron chi connectivity index (χ2n) is 16.6. The van der Waals surface area contributed by atoms with Crippen molar-refractivity contribution in [2.45, 2.75) is 19.9 Å². The van der Waals surface area contributed by atoms with Gasteiger partial charge < -0.3 is 4.57 Å². The van der Waals surface area contributed by atoms with Crippen LogP contribution in [0.15, 0.2) is 222 Å². The number of fused-ring (bicyclic) bond motifs is 9. The molecule has 0 N–H and O–H groups in total. The van der Waals surface area contributed by atoms with Crippen molar-refractivity contribution in [2.75, 3.05) is 0 Å². The fourth-order valence-corrected chi connectivity index (χ4v) is 10.8. The van der Waals surface area contributed by atoms with Gasteiger partial charge >= 0.3 is 0 Å². The summed E-state index contributed by atoms with van der Waals surface area (Å²) in [5.74, 6) is 1.56. The van der Waals surface area contributed by atoms with Gasteiger partial charge in [-0.1, -0.05) is 152 Å². The van der Waals surface area contributed by atoms with Crippen molar-refractivity contribution in [2.24, 2.45) is 9.98 Å². The third kappa shape index (κ3) is 6.43. The third-order valence-corrected chi connectivity index (χ3v) is 13.8. The van der Waals surface area contributed by atoms with Gasteiger partial charge in [-0.15, -0.1) is 11.3 Å². The maximum absolute atomic E-state index is 5.54. The molecule has 0 radical (unpaired) electrons. The number of amidine groups is 1. The van der Waals surface area contributed by atoms with Crippen LogP contribution in [0.5, 0.6) is 0 Å². The molecular formula is C59H42N4S. The van der Waals surface area contributed by atoms with Crippen LogP contribution in [0.3, 0.4) is 0 Å². The molecule has 9 aromatic carbocycles. The number of aliphatic imine (C=N–C) groups is 2. The predicted molar refractivity (Wildman–Crippen MR) is 274 cm³/mol. The first kappa shape index (κ1) is 37.9. The van der Waals surface area contributed by atoms with E-state index in [0.29, 0.717) is 5.84 Å². The van der Waals surface area contributed by atoms with E-state index in [0.717, 1.165) is 33.7 Å². The van der Waals surface area contributed by atoms with Crippen LogP contribution in [0, 0.1) is 0 Å². The number of benzene rings is 9. The number of rotatable bonds is 6. The summed E-state index contributed by atoms with van der Waals surface area (Å²) in [7, 11) is 0. The van der Waals surface area contributed by atoms with Crippen molar-refractivity contribution in [3.8, 4) is 27.9 Å². The zero-order valence-electron chi connectivity index (χ0n) is 35.5. The summed E-state index contributed by atoms with van der Waals surface area (Å²) in [6, 6.07) is 76.2. The minimum atomic E-state index is -0.200. The lowest BCUT2D eigenvalue weighted by Gasteiger charge is -2.14. The Morgan fingerprint density at radius 1 is 0.438 bits per heavy atom. The smallest absolute Gasteiger partial charge is 0.157 e. The lowest BCUT2D eigenvalue weighted by molar-refractivity contribution is 0.817. The summed E-state index contributed by atoms with van der Waals surface area (Å²) in [4.78, 5) is 11.1. The molecule has 0 bridgehead atoms. The Bertz CT molecular complexity index is 3810. The molecule has 5 heteroatoms. The average Bonchev–Trinajstić information content (AvgIpc) is 4.01. The highest BCUT2D eigenvalue weighted by Gasteiger charge is 2.18. The number of aromatic nitrogens is 2. The predicted octanol–water partition coefficient (Wildman–Crippen LogP) is 16.1. The molecule has 304 valence electrons. The molecule has 0 fully saturated rings. The van der Waals surface area contributed by atoms with E-state index in [9.17, 15) is 0 Å².